The summed E-state index contributed by atoms with van der Waals surface area (Å²) in [5.74, 6) is 0.0778. The maximum atomic E-state index is 13.1. The van der Waals surface area contributed by atoms with Crippen molar-refractivity contribution in [3.8, 4) is 5.69 Å². The lowest BCUT2D eigenvalue weighted by Gasteiger charge is -2.14. The van der Waals surface area contributed by atoms with Gasteiger partial charge in [-0.25, -0.2) is 13.8 Å². The molecule has 0 saturated carbocycles. The molecule has 1 amide bonds. The first-order valence-electron chi connectivity index (χ1n) is 8.16. The van der Waals surface area contributed by atoms with Gasteiger partial charge in [0.05, 0.1) is 35.4 Å². The van der Waals surface area contributed by atoms with Crippen molar-refractivity contribution in [3.63, 3.8) is 0 Å². The molecule has 3 rings (SSSR count). The number of amides is 1. The Labute approximate surface area is 145 Å². The minimum atomic E-state index is -0.315. The summed E-state index contributed by atoms with van der Waals surface area (Å²) in [6.45, 7) is 5.91. The highest BCUT2D eigenvalue weighted by molar-refractivity contribution is 6.04. The smallest absolute Gasteiger partial charge is 0.260 e. The van der Waals surface area contributed by atoms with E-state index in [-0.39, 0.29) is 17.8 Å². The second kappa shape index (κ2) is 6.88. The Bertz CT molecular complexity index is 881. The fourth-order valence-electron chi connectivity index (χ4n) is 2.60. The van der Waals surface area contributed by atoms with Crippen molar-refractivity contribution in [2.75, 3.05) is 5.32 Å². The van der Waals surface area contributed by atoms with Gasteiger partial charge in [-0.05, 0) is 44.5 Å². The summed E-state index contributed by atoms with van der Waals surface area (Å²) >= 11 is 0. The quantitative estimate of drug-likeness (QED) is 0.769. The van der Waals surface area contributed by atoms with Gasteiger partial charge in [-0.1, -0.05) is 6.92 Å². The monoisotopic (exact) mass is 341 g/mol. The second-order valence-corrected chi connectivity index (χ2v) is 5.90. The molecule has 1 unspecified atom stereocenters. The minimum absolute atomic E-state index is 0.188. The molecule has 0 aliphatic heterocycles. The molecule has 3 aromatic rings. The van der Waals surface area contributed by atoms with Gasteiger partial charge in [-0.3, -0.25) is 4.79 Å². The van der Waals surface area contributed by atoms with Gasteiger partial charge in [0.2, 0.25) is 0 Å². The molecule has 0 bridgehead atoms. The first-order valence-corrected chi connectivity index (χ1v) is 8.16. The van der Waals surface area contributed by atoms with Crippen LogP contribution in [-0.4, -0.2) is 25.5 Å². The van der Waals surface area contributed by atoms with Gasteiger partial charge in [0, 0.05) is 6.07 Å². The summed E-state index contributed by atoms with van der Waals surface area (Å²) in [4.78, 5) is 12.6. The lowest BCUT2D eigenvalue weighted by molar-refractivity contribution is 0.102. The molecule has 0 aliphatic rings. The van der Waals surface area contributed by atoms with Gasteiger partial charge in [0.15, 0.2) is 0 Å². The summed E-state index contributed by atoms with van der Waals surface area (Å²) < 4.78 is 16.5. The third kappa shape index (κ3) is 3.31. The molecule has 1 N–H and O–H groups in total. The number of carbonyl (C=O) groups is 1. The number of anilines is 1. The van der Waals surface area contributed by atoms with E-state index in [1.165, 1.54) is 18.3 Å². The molecule has 6 nitrogen and oxygen atoms in total. The van der Waals surface area contributed by atoms with Crippen molar-refractivity contribution < 1.29 is 9.18 Å². The molecule has 130 valence electrons. The van der Waals surface area contributed by atoms with Crippen LogP contribution < -0.4 is 5.32 Å². The first kappa shape index (κ1) is 16.9. The van der Waals surface area contributed by atoms with Gasteiger partial charge in [0.1, 0.15) is 11.6 Å². The third-order valence-electron chi connectivity index (χ3n) is 4.25. The van der Waals surface area contributed by atoms with E-state index < -0.39 is 0 Å². The van der Waals surface area contributed by atoms with Crippen LogP contribution in [0, 0.1) is 12.7 Å². The summed E-state index contributed by atoms with van der Waals surface area (Å²) in [6, 6.07) is 7.92. The lowest BCUT2D eigenvalue weighted by atomic mass is 10.2. The summed E-state index contributed by atoms with van der Waals surface area (Å²) in [7, 11) is 0. The van der Waals surface area contributed by atoms with E-state index in [1.54, 1.807) is 40.7 Å². The van der Waals surface area contributed by atoms with Gasteiger partial charge in [-0.2, -0.15) is 10.2 Å². The largest absolute Gasteiger partial charge is 0.307 e. The number of halogens is 1. The van der Waals surface area contributed by atoms with E-state index in [1.807, 2.05) is 6.92 Å². The molecule has 0 spiro atoms. The SMILES string of the molecule is CCC(C)n1nccc1NC(=O)c1cnn(-c2ccc(F)cc2)c1C. The number of benzene rings is 1. The molecule has 25 heavy (non-hydrogen) atoms. The van der Waals surface area contributed by atoms with E-state index in [9.17, 15) is 9.18 Å². The van der Waals surface area contributed by atoms with Crippen LogP contribution in [0.3, 0.4) is 0 Å². The Morgan fingerprint density at radius 3 is 2.64 bits per heavy atom. The Hall–Kier alpha value is -2.96. The highest BCUT2D eigenvalue weighted by Crippen LogP contribution is 2.19. The highest BCUT2D eigenvalue weighted by atomic mass is 19.1. The van der Waals surface area contributed by atoms with Gasteiger partial charge < -0.3 is 5.32 Å². The average molecular weight is 341 g/mol. The number of aromatic nitrogens is 4. The minimum Gasteiger partial charge on any atom is -0.307 e. The van der Waals surface area contributed by atoms with Crippen LogP contribution in [0.1, 0.15) is 42.4 Å². The predicted octanol–water partition coefficient (Wildman–Crippen LogP) is 3.74. The molecule has 0 radical (unpaired) electrons. The van der Waals surface area contributed by atoms with Crippen molar-refractivity contribution in [1.82, 2.24) is 19.6 Å². The number of hydrogen-bond acceptors (Lipinski definition) is 3. The summed E-state index contributed by atoms with van der Waals surface area (Å²) in [5.41, 5.74) is 1.84. The van der Waals surface area contributed by atoms with Crippen molar-refractivity contribution in [3.05, 3.63) is 59.8 Å². The summed E-state index contributed by atoms with van der Waals surface area (Å²) in [6.07, 6.45) is 4.08. The third-order valence-corrected chi connectivity index (χ3v) is 4.25. The Morgan fingerprint density at radius 2 is 1.96 bits per heavy atom. The highest BCUT2D eigenvalue weighted by Gasteiger charge is 2.18. The van der Waals surface area contributed by atoms with E-state index in [2.05, 4.69) is 22.4 Å². The van der Waals surface area contributed by atoms with Crippen molar-refractivity contribution >= 4 is 11.7 Å². The molecule has 2 heterocycles. The molecular weight excluding hydrogens is 321 g/mol. The van der Waals surface area contributed by atoms with E-state index in [0.29, 0.717) is 22.8 Å². The van der Waals surface area contributed by atoms with Gasteiger partial charge >= 0.3 is 0 Å². The topological polar surface area (TPSA) is 64.7 Å². The molecule has 7 heteroatoms. The van der Waals surface area contributed by atoms with Crippen molar-refractivity contribution in [2.45, 2.75) is 33.2 Å². The molecule has 0 saturated heterocycles. The zero-order valence-electron chi connectivity index (χ0n) is 14.4. The van der Waals surface area contributed by atoms with E-state index in [4.69, 9.17) is 0 Å². The lowest BCUT2D eigenvalue weighted by Crippen LogP contribution is -2.18. The van der Waals surface area contributed by atoms with Gasteiger partial charge in [0.25, 0.3) is 5.91 Å². The van der Waals surface area contributed by atoms with E-state index >= 15 is 0 Å². The number of hydrogen-bond donors (Lipinski definition) is 1. The van der Waals surface area contributed by atoms with Crippen LogP contribution in [0.25, 0.3) is 5.69 Å². The molecular formula is C18H20FN5O. The van der Waals surface area contributed by atoms with Crippen molar-refractivity contribution in [1.29, 1.82) is 0 Å². The van der Waals surface area contributed by atoms with Crippen LogP contribution in [0.4, 0.5) is 10.2 Å². The van der Waals surface area contributed by atoms with Crippen LogP contribution >= 0.6 is 0 Å². The van der Waals surface area contributed by atoms with Crippen LogP contribution in [0.15, 0.2) is 42.7 Å². The Kier molecular flexibility index (Phi) is 4.65. The summed E-state index contributed by atoms with van der Waals surface area (Å²) in [5, 5.41) is 11.4. The second-order valence-electron chi connectivity index (χ2n) is 5.90. The predicted molar refractivity (Wildman–Crippen MR) is 93.4 cm³/mol. The fourth-order valence-corrected chi connectivity index (χ4v) is 2.60. The zero-order valence-corrected chi connectivity index (χ0v) is 14.4. The maximum absolute atomic E-state index is 13.1. The number of rotatable bonds is 5. The normalized spacial score (nSPS) is 12.2. The Balaban J connectivity index is 1.84. The fraction of sp³-hybridized carbons (Fsp3) is 0.278. The molecule has 2 aromatic heterocycles. The molecule has 0 aliphatic carbocycles. The van der Waals surface area contributed by atoms with Gasteiger partial charge in [-0.15, -0.1) is 0 Å². The molecule has 1 aromatic carbocycles. The van der Waals surface area contributed by atoms with Crippen LogP contribution in [-0.2, 0) is 0 Å². The number of carbonyl (C=O) groups excluding carboxylic acids is 1. The van der Waals surface area contributed by atoms with Crippen molar-refractivity contribution in [2.24, 2.45) is 0 Å². The average Bonchev–Trinajstić information content (AvgIpc) is 3.21. The Morgan fingerprint density at radius 1 is 1.24 bits per heavy atom. The van der Waals surface area contributed by atoms with Crippen LogP contribution in [0.5, 0.6) is 0 Å². The molecule has 0 fully saturated rings. The zero-order chi connectivity index (χ0) is 18.0. The standard InChI is InChI=1S/C18H20FN5O/c1-4-12(2)23-17(9-10-20-23)22-18(25)16-11-21-24(13(16)3)15-7-5-14(19)6-8-15/h5-12H,4H2,1-3H3,(H,22,25). The van der Waals surface area contributed by atoms with Crippen LogP contribution in [0.2, 0.25) is 0 Å². The maximum Gasteiger partial charge on any atom is 0.260 e. The molecule has 1 atom stereocenters. The van der Waals surface area contributed by atoms with E-state index in [0.717, 1.165) is 6.42 Å². The first-order chi connectivity index (χ1) is 12.0. The number of nitrogens with zero attached hydrogens (tertiary/aromatic N) is 4. The number of nitrogens with one attached hydrogen (secondary N) is 1.